The first-order valence-corrected chi connectivity index (χ1v) is 10.4. The summed E-state index contributed by atoms with van der Waals surface area (Å²) in [5.74, 6) is 4.07. The molecule has 1 N–H and O–H groups in total. The Bertz CT molecular complexity index is 533. The van der Waals surface area contributed by atoms with Crippen molar-refractivity contribution in [2.75, 3.05) is 0 Å². The summed E-state index contributed by atoms with van der Waals surface area (Å²) >= 11 is 0. The molecular formula is C22H36O2. The molecule has 0 heterocycles. The van der Waals surface area contributed by atoms with E-state index in [0.717, 1.165) is 37.0 Å². The summed E-state index contributed by atoms with van der Waals surface area (Å²) in [5, 5.41) is 10.7. The lowest BCUT2D eigenvalue weighted by molar-refractivity contribution is -0.145. The summed E-state index contributed by atoms with van der Waals surface area (Å²) in [5.41, 5.74) is 0.187. The van der Waals surface area contributed by atoms with Crippen molar-refractivity contribution in [3.8, 4) is 0 Å². The molecule has 0 bridgehead atoms. The van der Waals surface area contributed by atoms with Gasteiger partial charge >= 0.3 is 0 Å². The van der Waals surface area contributed by atoms with Crippen molar-refractivity contribution in [2.24, 2.45) is 40.4 Å². The van der Waals surface area contributed by atoms with E-state index in [1.165, 1.54) is 38.5 Å². The first-order chi connectivity index (χ1) is 11.2. The van der Waals surface area contributed by atoms with Crippen LogP contribution in [0.25, 0.3) is 0 Å². The molecule has 0 saturated heterocycles. The standard InChI is InChI=1S/C22H36O2/c1-20(2,24)19-8-7-17-16-6-5-14-13-15(23)9-11-21(14,3)18(16)10-12-22(17,19)4/h14,16-19,24H,5-13H2,1-4H3/t14-,16-,17-,18?,19+,21-,22-/m0/s1. The number of carbonyl (C=O) groups excluding carboxylic acids is 1. The molecule has 4 saturated carbocycles. The minimum Gasteiger partial charge on any atom is -0.390 e. The van der Waals surface area contributed by atoms with Gasteiger partial charge in [0.2, 0.25) is 0 Å². The van der Waals surface area contributed by atoms with Crippen molar-refractivity contribution >= 4 is 5.78 Å². The minimum absolute atomic E-state index is 0.326. The minimum atomic E-state index is -0.547. The predicted octanol–water partition coefficient (Wildman–Crippen LogP) is 4.99. The zero-order chi connectivity index (χ0) is 17.3. The van der Waals surface area contributed by atoms with Crippen LogP contribution in [0.15, 0.2) is 0 Å². The third-order valence-electron chi connectivity index (χ3n) is 9.33. The van der Waals surface area contributed by atoms with Crippen LogP contribution in [0.5, 0.6) is 0 Å². The monoisotopic (exact) mass is 332 g/mol. The highest BCUT2D eigenvalue weighted by Gasteiger charge is 2.61. The molecule has 136 valence electrons. The SMILES string of the molecule is CC(C)(O)[C@H]1CC[C@H]2[C@@H]3CC[C@H]4CC(=O)CC[C@]4(C)C3CC[C@]12C. The van der Waals surface area contributed by atoms with E-state index >= 15 is 0 Å². The predicted molar refractivity (Wildman–Crippen MR) is 96.5 cm³/mol. The second-order valence-electron chi connectivity index (χ2n) is 10.7. The number of ketones is 1. The molecule has 7 atom stereocenters. The highest BCUT2D eigenvalue weighted by Crippen LogP contribution is 2.68. The quantitative estimate of drug-likeness (QED) is 0.735. The van der Waals surface area contributed by atoms with Crippen LogP contribution < -0.4 is 0 Å². The third-order valence-corrected chi connectivity index (χ3v) is 9.33. The number of Topliss-reactive ketones (excluding diaryl/α,β-unsaturated/α-hetero) is 1. The first-order valence-electron chi connectivity index (χ1n) is 10.4. The van der Waals surface area contributed by atoms with Crippen molar-refractivity contribution in [3.63, 3.8) is 0 Å². The number of fused-ring (bicyclic) bond motifs is 5. The Morgan fingerprint density at radius 3 is 2.38 bits per heavy atom. The average molecular weight is 333 g/mol. The van der Waals surface area contributed by atoms with Gasteiger partial charge in [0.05, 0.1) is 5.60 Å². The summed E-state index contributed by atoms with van der Waals surface area (Å²) < 4.78 is 0. The van der Waals surface area contributed by atoms with Gasteiger partial charge in [0.15, 0.2) is 0 Å². The molecule has 0 aromatic rings. The Morgan fingerprint density at radius 1 is 0.958 bits per heavy atom. The highest BCUT2D eigenvalue weighted by atomic mass is 16.3. The van der Waals surface area contributed by atoms with Crippen LogP contribution >= 0.6 is 0 Å². The molecule has 0 aromatic heterocycles. The highest BCUT2D eigenvalue weighted by molar-refractivity contribution is 5.79. The van der Waals surface area contributed by atoms with E-state index in [2.05, 4.69) is 13.8 Å². The molecule has 24 heavy (non-hydrogen) atoms. The average Bonchev–Trinajstić information content (AvgIpc) is 2.85. The molecule has 2 nitrogen and oxygen atoms in total. The van der Waals surface area contributed by atoms with Crippen LogP contribution in [0.3, 0.4) is 0 Å². The lowest BCUT2D eigenvalue weighted by Crippen LogP contribution is -2.54. The van der Waals surface area contributed by atoms with Gasteiger partial charge in [-0.2, -0.15) is 0 Å². The van der Waals surface area contributed by atoms with Gasteiger partial charge in [-0.05, 0) is 99.2 Å². The van der Waals surface area contributed by atoms with E-state index in [1.54, 1.807) is 0 Å². The lowest BCUT2D eigenvalue weighted by atomic mass is 9.44. The van der Waals surface area contributed by atoms with Crippen molar-refractivity contribution in [2.45, 2.75) is 91.1 Å². The van der Waals surface area contributed by atoms with Gasteiger partial charge in [0.25, 0.3) is 0 Å². The summed E-state index contributed by atoms with van der Waals surface area (Å²) in [6.07, 6.45) is 10.5. The molecule has 4 aliphatic carbocycles. The van der Waals surface area contributed by atoms with Gasteiger partial charge in [0.1, 0.15) is 5.78 Å². The Hall–Kier alpha value is -0.370. The maximum absolute atomic E-state index is 12.0. The fourth-order valence-corrected chi connectivity index (χ4v) is 8.21. The van der Waals surface area contributed by atoms with Crippen LogP contribution in [-0.2, 0) is 4.79 Å². The molecule has 0 aromatic carbocycles. The van der Waals surface area contributed by atoms with Crippen molar-refractivity contribution in [1.29, 1.82) is 0 Å². The van der Waals surface area contributed by atoms with Gasteiger partial charge in [-0.1, -0.05) is 13.8 Å². The molecule has 4 fully saturated rings. The Balaban J connectivity index is 1.62. The zero-order valence-corrected chi connectivity index (χ0v) is 16.1. The van der Waals surface area contributed by atoms with Crippen LogP contribution in [0.2, 0.25) is 0 Å². The summed E-state index contributed by atoms with van der Waals surface area (Å²) in [6, 6.07) is 0. The van der Waals surface area contributed by atoms with Crippen LogP contribution in [0, 0.1) is 40.4 Å². The van der Waals surface area contributed by atoms with E-state index in [4.69, 9.17) is 0 Å². The Kier molecular flexibility index (Phi) is 3.78. The molecule has 0 amide bonds. The summed E-state index contributed by atoms with van der Waals surface area (Å²) in [6.45, 7) is 9.07. The van der Waals surface area contributed by atoms with Crippen molar-refractivity contribution in [1.82, 2.24) is 0 Å². The molecule has 0 spiro atoms. The van der Waals surface area contributed by atoms with Crippen LogP contribution in [0.1, 0.15) is 85.5 Å². The number of carbonyl (C=O) groups is 1. The first kappa shape index (κ1) is 17.1. The second kappa shape index (κ2) is 5.32. The lowest BCUT2D eigenvalue weighted by Gasteiger charge is -2.60. The molecule has 0 aliphatic heterocycles. The van der Waals surface area contributed by atoms with Gasteiger partial charge in [0, 0.05) is 12.8 Å². The maximum Gasteiger partial charge on any atom is 0.133 e. The molecule has 1 unspecified atom stereocenters. The summed E-state index contributed by atoms with van der Waals surface area (Å²) in [4.78, 5) is 12.0. The molecule has 2 heteroatoms. The van der Waals surface area contributed by atoms with Crippen molar-refractivity contribution in [3.05, 3.63) is 0 Å². The Morgan fingerprint density at radius 2 is 1.67 bits per heavy atom. The third kappa shape index (κ3) is 2.27. The molecule has 4 aliphatic rings. The second-order valence-corrected chi connectivity index (χ2v) is 10.7. The van der Waals surface area contributed by atoms with E-state index in [0.29, 0.717) is 28.4 Å². The maximum atomic E-state index is 12.0. The van der Waals surface area contributed by atoms with Gasteiger partial charge < -0.3 is 5.11 Å². The Labute approximate surface area is 147 Å². The topological polar surface area (TPSA) is 37.3 Å². The van der Waals surface area contributed by atoms with E-state index in [1.807, 2.05) is 13.8 Å². The number of aliphatic hydroxyl groups is 1. The largest absolute Gasteiger partial charge is 0.390 e. The van der Waals surface area contributed by atoms with E-state index in [9.17, 15) is 9.90 Å². The van der Waals surface area contributed by atoms with Crippen molar-refractivity contribution < 1.29 is 9.90 Å². The number of hydrogen-bond acceptors (Lipinski definition) is 2. The van der Waals surface area contributed by atoms with E-state index in [-0.39, 0.29) is 0 Å². The molecule has 4 rings (SSSR count). The normalized spacial score (nSPS) is 51.7. The van der Waals surface area contributed by atoms with Gasteiger partial charge in [-0.15, -0.1) is 0 Å². The van der Waals surface area contributed by atoms with Gasteiger partial charge in [-0.3, -0.25) is 4.79 Å². The fourth-order valence-electron chi connectivity index (χ4n) is 8.21. The smallest absolute Gasteiger partial charge is 0.133 e. The number of hydrogen-bond donors (Lipinski definition) is 1. The zero-order valence-electron chi connectivity index (χ0n) is 16.1. The van der Waals surface area contributed by atoms with Gasteiger partial charge in [-0.25, -0.2) is 0 Å². The van der Waals surface area contributed by atoms with E-state index < -0.39 is 5.60 Å². The molecule has 0 radical (unpaired) electrons. The van der Waals surface area contributed by atoms with Crippen LogP contribution in [-0.4, -0.2) is 16.5 Å². The number of rotatable bonds is 1. The van der Waals surface area contributed by atoms with Crippen LogP contribution in [0.4, 0.5) is 0 Å². The molecular weight excluding hydrogens is 296 g/mol. The fraction of sp³-hybridized carbons (Fsp3) is 0.955. The summed E-state index contributed by atoms with van der Waals surface area (Å²) in [7, 11) is 0.